The van der Waals surface area contributed by atoms with E-state index in [2.05, 4.69) is 9.98 Å². The summed E-state index contributed by atoms with van der Waals surface area (Å²) in [5, 5.41) is 1.64. The van der Waals surface area contributed by atoms with Crippen LogP contribution in [0.2, 0.25) is 5.02 Å². The fraction of sp³-hybridized carbons (Fsp3) is 0. The molecule has 6 nitrogen and oxygen atoms in total. The Labute approximate surface area is 139 Å². The third kappa shape index (κ3) is 3.10. The molecule has 0 aliphatic rings. The van der Waals surface area contributed by atoms with Crippen molar-refractivity contribution in [1.29, 1.82) is 0 Å². The van der Waals surface area contributed by atoms with Crippen molar-refractivity contribution >= 4 is 60.7 Å². The fourth-order valence-corrected chi connectivity index (χ4v) is 3.38. The standard InChI is InChI=1S/C15H12ClN5OS/c16-7-1-3-11-9(5-7)13(22)10-6-8(2-4-12(10)23-11)20-15(19)21-14(17)18/h1-6H,(H6,17,18,19,20,21). The largest absolute Gasteiger partial charge is 0.370 e. The molecule has 2 aromatic carbocycles. The van der Waals surface area contributed by atoms with Gasteiger partial charge < -0.3 is 17.2 Å². The Bertz CT molecular complexity index is 1040. The van der Waals surface area contributed by atoms with Crippen LogP contribution in [0.25, 0.3) is 20.2 Å². The first-order valence-electron chi connectivity index (χ1n) is 6.54. The van der Waals surface area contributed by atoms with E-state index < -0.39 is 0 Å². The van der Waals surface area contributed by atoms with E-state index in [9.17, 15) is 4.79 Å². The molecule has 1 aromatic heterocycles. The Morgan fingerprint density at radius 2 is 1.65 bits per heavy atom. The second-order valence-electron chi connectivity index (χ2n) is 4.76. The topological polar surface area (TPSA) is 120 Å². The van der Waals surface area contributed by atoms with Gasteiger partial charge in [-0.15, -0.1) is 11.3 Å². The number of aliphatic imine (C=N–C) groups is 2. The van der Waals surface area contributed by atoms with Gasteiger partial charge in [0.1, 0.15) is 0 Å². The molecule has 8 heteroatoms. The van der Waals surface area contributed by atoms with E-state index in [1.54, 1.807) is 24.3 Å². The summed E-state index contributed by atoms with van der Waals surface area (Å²) in [6, 6.07) is 10.5. The van der Waals surface area contributed by atoms with E-state index in [1.165, 1.54) is 11.3 Å². The van der Waals surface area contributed by atoms with Gasteiger partial charge in [0.05, 0.1) is 5.69 Å². The lowest BCUT2D eigenvalue weighted by atomic mass is 10.1. The van der Waals surface area contributed by atoms with Gasteiger partial charge in [-0.25, -0.2) is 4.99 Å². The highest BCUT2D eigenvalue weighted by molar-refractivity contribution is 7.24. The first-order chi connectivity index (χ1) is 10.9. The van der Waals surface area contributed by atoms with Crippen LogP contribution >= 0.6 is 22.9 Å². The predicted octanol–water partition coefficient (Wildman–Crippen LogP) is 2.29. The molecule has 1 heterocycles. The molecule has 3 aromatic rings. The van der Waals surface area contributed by atoms with Crippen LogP contribution in [-0.2, 0) is 0 Å². The monoisotopic (exact) mass is 345 g/mol. The first-order valence-corrected chi connectivity index (χ1v) is 7.73. The van der Waals surface area contributed by atoms with Crippen LogP contribution in [0.5, 0.6) is 0 Å². The van der Waals surface area contributed by atoms with Gasteiger partial charge >= 0.3 is 0 Å². The van der Waals surface area contributed by atoms with E-state index in [-0.39, 0.29) is 17.3 Å². The molecule has 0 spiro atoms. The highest BCUT2D eigenvalue weighted by Crippen LogP contribution is 2.28. The number of guanidine groups is 2. The van der Waals surface area contributed by atoms with Crippen molar-refractivity contribution in [3.8, 4) is 0 Å². The van der Waals surface area contributed by atoms with Gasteiger partial charge in [0.15, 0.2) is 11.4 Å². The van der Waals surface area contributed by atoms with Gasteiger partial charge in [0, 0.05) is 25.2 Å². The number of rotatable bonds is 1. The summed E-state index contributed by atoms with van der Waals surface area (Å²) < 4.78 is 1.73. The minimum atomic E-state index is -0.181. The highest BCUT2D eigenvalue weighted by atomic mass is 35.5. The van der Waals surface area contributed by atoms with Crippen LogP contribution in [0.3, 0.4) is 0 Å². The average Bonchev–Trinajstić information content (AvgIpc) is 2.48. The van der Waals surface area contributed by atoms with E-state index in [4.69, 9.17) is 28.8 Å². The Balaban J connectivity index is 2.23. The first kappa shape index (κ1) is 15.3. The summed E-state index contributed by atoms with van der Waals surface area (Å²) in [5.74, 6) is -0.260. The lowest BCUT2D eigenvalue weighted by molar-refractivity contribution is 1.39. The van der Waals surface area contributed by atoms with Gasteiger partial charge in [-0.05, 0) is 36.4 Å². The van der Waals surface area contributed by atoms with E-state index >= 15 is 0 Å². The molecule has 3 rings (SSSR count). The van der Waals surface area contributed by atoms with Gasteiger partial charge in [0.25, 0.3) is 0 Å². The number of halogens is 1. The lowest BCUT2D eigenvalue weighted by Crippen LogP contribution is -2.26. The zero-order valence-corrected chi connectivity index (χ0v) is 13.4. The van der Waals surface area contributed by atoms with Crippen LogP contribution in [0.1, 0.15) is 0 Å². The number of fused-ring (bicyclic) bond motifs is 2. The number of benzene rings is 2. The summed E-state index contributed by atoms with van der Waals surface area (Å²) in [7, 11) is 0. The SMILES string of the molecule is NC(N)=NC(N)=Nc1ccc2sc3ccc(Cl)cc3c(=O)c2c1. The van der Waals surface area contributed by atoms with Gasteiger partial charge in [0.2, 0.25) is 5.96 Å². The van der Waals surface area contributed by atoms with E-state index in [0.29, 0.717) is 21.5 Å². The van der Waals surface area contributed by atoms with Crippen LogP contribution in [0, 0.1) is 0 Å². The molecule has 0 atom stereocenters. The van der Waals surface area contributed by atoms with Crippen molar-refractivity contribution in [3.05, 3.63) is 51.6 Å². The zero-order chi connectivity index (χ0) is 16.6. The third-order valence-electron chi connectivity index (χ3n) is 3.10. The Morgan fingerprint density at radius 3 is 2.35 bits per heavy atom. The smallest absolute Gasteiger partial charge is 0.223 e. The Morgan fingerprint density at radius 1 is 1.00 bits per heavy atom. The molecule has 0 saturated carbocycles. The van der Waals surface area contributed by atoms with Crippen LogP contribution < -0.4 is 22.6 Å². The van der Waals surface area contributed by atoms with Gasteiger partial charge in [-0.2, -0.15) is 4.99 Å². The highest BCUT2D eigenvalue weighted by Gasteiger charge is 2.07. The minimum absolute atomic E-state index is 0.0793. The predicted molar refractivity (Wildman–Crippen MR) is 97.7 cm³/mol. The van der Waals surface area contributed by atoms with Crippen molar-refractivity contribution in [2.24, 2.45) is 27.2 Å². The van der Waals surface area contributed by atoms with Crippen molar-refractivity contribution in [2.75, 3.05) is 0 Å². The zero-order valence-electron chi connectivity index (χ0n) is 11.8. The number of nitrogens with zero attached hydrogens (tertiary/aromatic N) is 2. The lowest BCUT2D eigenvalue weighted by Gasteiger charge is -2.03. The van der Waals surface area contributed by atoms with Crippen LogP contribution in [0.15, 0.2) is 51.2 Å². The molecule has 0 fully saturated rings. The number of nitrogens with two attached hydrogens (primary N) is 3. The Kier molecular flexibility index (Phi) is 3.89. The molecule has 6 N–H and O–H groups in total. The summed E-state index contributed by atoms with van der Waals surface area (Å²) in [6.07, 6.45) is 0. The van der Waals surface area contributed by atoms with Crippen LogP contribution in [-0.4, -0.2) is 11.9 Å². The Hall–Kier alpha value is -2.64. The maximum absolute atomic E-state index is 12.7. The van der Waals surface area contributed by atoms with Gasteiger partial charge in [-0.1, -0.05) is 11.6 Å². The molecule has 116 valence electrons. The van der Waals surface area contributed by atoms with E-state index in [0.717, 1.165) is 9.40 Å². The molecule has 0 unspecified atom stereocenters. The average molecular weight is 346 g/mol. The van der Waals surface area contributed by atoms with Crippen molar-refractivity contribution in [3.63, 3.8) is 0 Å². The second kappa shape index (κ2) is 5.86. The normalized spacial score (nSPS) is 11.8. The maximum atomic E-state index is 12.7. The van der Waals surface area contributed by atoms with Crippen molar-refractivity contribution in [2.45, 2.75) is 0 Å². The second-order valence-corrected chi connectivity index (χ2v) is 6.28. The summed E-state index contributed by atoms with van der Waals surface area (Å²) >= 11 is 7.49. The fourth-order valence-electron chi connectivity index (χ4n) is 2.18. The third-order valence-corrected chi connectivity index (χ3v) is 4.49. The van der Waals surface area contributed by atoms with E-state index in [1.807, 2.05) is 12.1 Å². The minimum Gasteiger partial charge on any atom is -0.370 e. The van der Waals surface area contributed by atoms with Crippen LogP contribution in [0.4, 0.5) is 5.69 Å². The molecular weight excluding hydrogens is 334 g/mol. The number of hydrogen-bond acceptors (Lipinski definition) is 3. The molecule has 0 aliphatic heterocycles. The molecule has 23 heavy (non-hydrogen) atoms. The maximum Gasteiger partial charge on any atom is 0.223 e. The number of hydrogen-bond donors (Lipinski definition) is 3. The van der Waals surface area contributed by atoms with Crippen molar-refractivity contribution < 1.29 is 0 Å². The van der Waals surface area contributed by atoms with Gasteiger partial charge in [-0.3, -0.25) is 4.79 Å². The summed E-state index contributed by atoms with van der Waals surface area (Å²) in [6.45, 7) is 0. The quantitative estimate of drug-likeness (QED) is 0.356. The van der Waals surface area contributed by atoms with Crippen molar-refractivity contribution in [1.82, 2.24) is 0 Å². The summed E-state index contributed by atoms with van der Waals surface area (Å²) in [5.41, 5.74) is 16.5. The molecule has 0 amide bonds. The molecular formula is C15H12ClN5OS. The summed E-state index contributed by atoms with van der Waals surface area (Å²) in [4.78, 5) is 20.4. The molecule has 0 aliphatic carbocycles. The molecule has 0 radical (unpaired) electrons. The molecule has 0 saturated heterocycles. The molecule has 0 bridgehead atoms.